The predicted octanol–water partition coefficient (Wildman–Crippen LogP) is 6.51. The van der Waals surface area contributed by atoms with Crippen LogP contribution in [0.25, 0.3) is 0 Å². The van der Waals surface area contributed by atoms with Crippen LogP contribution in [0.2, 0.25) is 0 Å². The monoisotopic (exact) mass is 437 g/mol. The van der Waals surface area contributed by atoms with E-state index >= 15 is 0 Å². The van der Waals surface area contributed by atoms with Crippen LogP contribution in [-0.2, 0) is 10.4 Å². The van der Waals surface area contributed by atoms with E-state index in [-0.39, 0.29) is 1.43 Å². The van der Waals surface area contributed by atoms with Gasteiger partial charge in [0, 0.05) is 10.4 Å². The molecule has 6 heteroatoms. The minimum atomic E-state index is -5.17. The number of quaternary nitrogens is 1. The maximum Gasteiger partial charge on any atom is 1.00 e. The van der Waals surface area contributed by atoms with Crippen LogP contribution in [0.15, 0.2) is 0 Å². The van der Waals surface area contributed by atoms with Crippen LogP contribution >= 0.6 is 0 Å². The molecule has 0 aromatic heterocycles. The van der Waals surface area contributed by atoms with Gasteiger partial charge >= 0.3 is 1.43 Å². The first kappa shape index (κ1) is 31.0. The van der Waals surface area contributed by atoms with Crippen LogP contribution in [-0.4, -0.2) is 48.2 Å². The molecular weight excluding hydrogens is 386 g/mol. The number of unbranched alkanes of at least 4 members (excludes halogenated alkanes) is 12. The van der Waals surface area contributed by atoms with Crippen molar-refractivity contribution in [3.8, 4) is 0 Å². The predicted molar refractivity (Wildman–Crippen MR) is 123 cm³/mol. The zero-order chi connectivity index (χ0) is 22.4. The van der Waals surface area contributed by atoms with Crippen molar-refractivity contribution in [3.05, 3.63) is 0 Å². The molecule has 0 aromatic rings. The van der Waals surface area contributed by atoms with Crippen molar-refractivity contribution in [2.45, 2.75) is 124 Å². The average Bonchev–Trinajstić information content (AvgIpc) is 2.65. The van der Waals surface area contributed by atoms with Crippen molar-refractivity contribution < 1.29 is 23.4 Å². The first-order valence-corrected chi connectivity index (χ1v) is 13.6. The molecule has 0 aliphatic rings. The fourth-order valence-electron chi connectivity index (χ4n) is 3.96. The summed E-state index contributed by atoms with van der Waals surface area (Å²) in [5.74, 6) is 0. The molecular formula is C23H51NO4S. The van der Waals surface area contributed by atoms with E-state index in [2.05, 4.69) is 27.7 Å². The Morgan fingerprint density at radius 1 is 0.552 bits per heavy atom. The second-order valence-electron chi connectivity index (χ2n) is 8.48. The molecule has 0 bridgehead atoms. The first-order chi connectivity index (χ1) is 13.7. The van der Waals surface area contributed by atoms with Gasteiger partial charge in [0.25, 0.3) is 0 Å². The summed E-state index contributed by atoms with van der Waals surface area (Å²) in [5.41, 5.74) is 0. The molecule has 0 aliphatic heterocycles. The molecule has 0 spiro atoms. The minimum Gasteiger partial charge on any atom is -0.759 e. The molecule has 0 atom stereocenters. The lowest BCUT2D eigenvalue weighted by Gasteiger charge is -2.38. The third-order valence-electron chi connectivity index (χ3n) is 5.88. The van der Waals surface area contributed by atoms with E-state index in [1.807, 2.05) is 0 Å². The van der Waals surface area contributed by atoms with Crippen molar-refractivity contribution in [2.24, 2.45) is 0 Å². The molecule has 0 unspecified atom stereocenters. The number of rotatable bonds is 19. The van der Waals surface area contributed by atoms with E-state index in [0.29, 0.717) is 0 Å². The van der Waals surface area contributed by atoms with Gasteiger partial charge in [0.15, 0.2) is 0 Å². The number of hydrogen-bond acceptors (Lipinski definition) is 4. The van der Waals surface area contributed by atoms with Crippen molar-refractivity contribution in [1.82, 2.24) is 0 Å². The fourth-order valence-corrected chi connectivity index (χ4v) is 3.96. The Morgan fingerprint density at radius 3 is 1.00 bits per heavy atom. The van der Waals surface area contributed by atoms with Gasteiger partial charge in [-0.3, -0.25) is 8.42 Å². The summed E-state index contributed by atoms with van der Waals surface area (Å²) in [7, 11) is -5.17. The fraction of sp³-hybridized carbons (Fsp3) is 1.00. The highest BCUT2D eigenvalue weighted by Gasteiger charge is 2.23. The van der Waals surface area contributed by atoms with Gasteiger partial charge in [-0.25, -0.2) is 0 Å². The van der Waals surface area contributed by atoms with Crippen LogP contribution in [0.1, 0.15) is 125 Å². The Morgan fingerprint density at radius 2 is 0.793 bits per heavy atom. The van der Waals surface area contributed by atoms with E-state index in [9.17, 15) is 0 Å². The number of nitrogens with zero attached hydrogens (tertiary/aromatic N) is 1. The third kappa shape index (κ3) is 25.8. The summed E-state index contributed by atoms with van der Waals surface area (Å²) >= 11 is 0. The first-order valence-electron chi connectivity index (χ1n) is 12.3. The van der Waals surface area contributed by atoms with Gasteiger partial charge in [-0.1, -0.05) is 78.6 Å². The van der Waals surface area contributed by atoms with Gasteiger partial charge in [-0.2, -0.15) is 0 Å². The molecule has 29 heavy (non-hydrogen) atoms. The Hall–Kier alpha value is -0.170. The summed E-state index contributed by atoms with van der Waals surface area (Å²) < 4.78 is 35.5. The third-order valence-corrected chi connectivity index (χ3v) is 5.88. The zero-order valence-electron chi connectivity index (χ0n) is 20.9. The summed E-state index contributed by atoms with van der Waals surface area (Å²) in [4.78, 5) is 0. The average molecular weight is 438 g/mol. The standard InChI is InChI=1S/C23H50N.H2O4S/c1-5-9-12-15-18-21-24(8-4,22-19-16-13-10-6-2)23-20-17-14-11-7-3;1-5(2,3)4/h5-23H2,1-4H3;(H2,1,2,3,4)/q+1;/p-1. The lowest BCUT2D eigenvalue weighted by atomic mass is 10.1. The summed E-state index contributed by atoms with van der Waals surface area (Å²) in [6.07, 6.45) is 21.5. The molecule has 5 nitrogen and oxygen atoms in total. The molecule has 0 heterocycles. The van der Waals surface area contributed by atoms with Gasteiger partial charge in [0.2, 0.25) is 0 Å². The molecule has 0 aromatic carbocycles. The molecule has 0 saturated carbocycles. The Labute approximate surface area is 184 Å². The van der Waals surface area contributed by atoms with Crippen molar-refractivity contribution in [1.29, 1.82) is 0 Å². The Balaban J connectivity index is -0.00000108. The maximum atomic E-state index is 8.52. The van der Waals surface area contributed by atoms with Gasteiger partial charge < -0.3 is 13.6 Å². The lowest BCUT2D eigenvalue weighted by Crippen LogP contribution is -2.50. The SMILES string of the molecule is CCCCCCC[N+](CC)(CCCCCCC)CCCCCCC.O=S(=O)([O-])[O-].[H+]. The topological polar surface area (TPSA) is 80.3 Å². The highest BCUT2D eigenvalue weighted by molar-refractivity contribution is 7.79. The van der Waals surface area contributed by atoms with Crippen molar-refractivity contribution >= 4 is 10.4 Å². The lowest BCUT2D eigenvalue weighted by molar-refractivity contribution is -0.927. The van der Waals surface area contributed by atoms with E-state index in [1.165, 1.54) is 127 Å². The second kappa shape index (κ2) is 21.1. The molecule has 0 amide bonds. The Bertz CT molecular complexity index is 389. The molecule has 0 radical (unpaired) electrons. The highest BCUT2D eigenvalue weighted by atomic mass is 32.3. The normalized spacial score (nSPS) is 11.9. The zero-order valence-corrected chi connectivity index (χ0v) is 20.7. The van der Waals surface area contributed by atoms with Crippen molar-refractivity contribution in [3.63, 3.8) is 0 Å². The maximum absolute atomic E-state index is 8.52. The van der Waals surface area contributed by atoms with Gasteiger partial charge in [-0.15, -0.1) is 0 Å². The molecule has 0 fully saturated rings. The minimum absolute atomic E-state index is 0. The van der Waals surface area contributed by atoms with Gasteiger partial charge in [-0.05, 0) is 45.4 Å². The van der Waals surface area contributed by atoms with Crippen LogP contribution in [0, 0.1) is 0 Å². The number of hydrogen-bond donors (Lipinski definition) is 0. The molecule has 0 rings (SSSR count). The molecule has 178 valence electrons. The van der Waals surface area contributed by atoms with Crippen LogP contribution in [0.5, 0.6) is 0 Å². The Kier molecular flexibility index (Phi) is 22.5. The smallest absolute Gasteiger partial charge is 0.759 e. The molecule has 0 aliphatic carbocycles. The largest absolute Gasteiger partial charge is 1.00 e. The summed E-state index contributed by atoms with van der Waals surface area (Å²) in [5, 5.41) is 0. The summed E-state index contributed by atoms with van der Waals surface area (Å²) in [6.45, 7) is 15.1. The quantitative estimate of drug-likeness (QED) is 0.0998. The van der Waals surface area contributed by atoms with E-state index in [4.69, 9.17) is 17.5 Å². The highest BCUT2D eigenvalue weighted by Crippen LogP contribution is 2.17. The summed E-state index contributed by atoms with van der Waals surface area (Å²) in [6, 6.07) is 0. The van der Waals surface area contributed by atoms with E-state index in [0.717, 1.165) is 0 Å². The van der Waals surface area contributed by atoms with E-state index < -0.39 is 10.4 Å². The second-order valence-corrected chi connectivity index (χ2v) is 9.30. The van der Waals surface area contributed by atoms with Crippen LogP contribution in [0.3, 0.4) is 0 Å². The van der Waals surface area contributed by atoms with Crippen molar-refractivity contribution in [2.75, 3.05) is 26.2 Å². The van der Waals surface area contributed by atoms with Crippen LogP contribution < -0.4 is 0 Å². The van der Waals surface area contributed by atoms with Crippen LogP contribution in [0.4, 0.5) is 0 Å². The van der Waals surface area contributed by atoms with Gasteiger partial charge in [0.1, 0.15) is 0 Å². The van der Waals surface area contributed by atoms with Gasteiger partial charge in [0.05, 0.1) is 26.2 Å². The molecule has 0 saturated heterocycles. The van der Waals surface area contributed by atoms with E-state index in [1.54, 1.807) is 0 Å². The molecule has 0 N–H and O–H groups in total.